The predicted molar refractivity (Wildman–Crippen MR) is 117 cm³/mol. The van der Waals surface area contributed by atoms with E-state index in [2.05, 4.69) is 10.3 Å². The number of hydrogen-bond donors (Lipinski definition) is 1. The van der Waals surface area contributed by atoms with Gasteiger partial charge < -0.3 is 15.0 Å². The molecule has 3 heterocycles. The van der Waals surface area contributed by atoms with E-state index < -0.39 is 0 Å². The summed E-state index contributed by atoms with van der Waals surface area (Å²) in [6.45, 7) is 3.77. The van der Waals surface area contributed by atoms with Crippen molar-refractivity contribution in [3.8, 4) is 17.1 Å². The number of carbonyl (C=O) groups is 1. The lowest BCUT2D eigenvalue weighted by molar-refractivity contribution is 0.206. The van der Waals surface area contributed by atoms with Crippen molar-refractivity contribution in [1.29, 1.82) is 0 Å². The summed E-state index contributed by atoms with van der Waals surface area (Å²) in [7, 11) is 0. The van der Waals surface area contributed by atoms with E-state index in [0.29, 0.717) is 19.7 Å². The smallest absolute Gasteiger partial charge is 0.322 e. The minimum Gasteiger partial charge on any atom is -0.494 e. The molecule has 1 N–H and O–H groups in total. The summed E-state index contributed by atoms with van der Waals surface area (Å²) in [5.41, 5.74) is 2.91. The van der Waals surface area contributed by atoms with Crippen LogP contribution in [0, 0.1) is 0 Å². The van der Waals surface area contributed by atoms with Crippen LogP contribution in [0.3, 0.4) is 0 Å². The van der Waals surface area contributed by atoms with Crippen molar-refractivity contribution in [1.82, 2.24) is 19.5 Å². The zero-order valence-electron chi connectivity index (χ0n) is 16.5. The Balaban J connectivity index is 1.30. The minimum atomic E-state index is -0.103. The van der Waals surface area contributed by atoms with Crippen LogP contribution in [0.5, 0.6) is 5.75 Å². The van der Waals surface area contributed by atoms with Crippen molar-refractivity contribution >= 4 is 28.0 Å². The van der Waals surface area contributed by atoms with E-state index in [9.17, 15) is 4.79 Å². The summed E-state index contributed by atoms with van der Waals surface area (Å²) in [4.78, 5) is 21.3. The van der Waals surface area contributed by atoms with Gasteiger partial charge in [-0.25, -0.2) is 9.31 Å². The number of fused-ring (bicyclic) bond motifs is 3. The third kappa shape index (κ3) is 3.50. The molecule has 0 spiro atoms. The second kappa shape index (κ2) is 7.79. The standard InChI is InChI=1S/C22H21N5O2S/c1-2-29-17-10-8-16(9-11-17)23-21(28)26-13-12-18-19(14-26)30-22-24-20(25-27(18)22)15-6-4-3-5-7-15/h3-11H,2,12-14H2,1H3,(H,23,28). The average Bonchev–Trinajstić information content (AvgIpc) is 3.33. The molecular formula is C22H21N5O2S. The largest absolute Gasteiger partial charge is 0.494 e. The van der Waals surface area contributed by atoms with E-state index in [4.69, 9.17) is 9.84 Å². The first-order valence-corrected chi connectivity index (χ1v) is 10.7. The molecule has 0 unspecified atom stereocenters. The molecule has 1 aliphatic rings. The molecule has 0 fully saturated rings. The normalized spacial score (nSPS) is 13.3. The van der Waals surface area contributed by atoms with Gasteiger partial charge in [0.15, 0.2) is 5.82 Å². The van der Waals surface area contributed by atoms with Crippen LogP contribution in [0.25, 0.3) is 16.3 Å². The lowest BCUT2D eigenvalue weighted by atomic mass is 10.2. The SMILES string of the molecule is CCOc1ccc(NC(=O)N2CCc3c(sc4nc(-c5ccccc5)nn34)C2)cc1. The Bertz CT molecular complexity index is 1180. The van der Waals surface area contributed by atoms with Gasteiger partial charge in [0, 0.05) is 29.1 Å². The molecular weight excluding hydrogens is 398 g/mol. The van der Waals surface area contributed by atoms with Crippen molar-refractivity contribution in [2.45, 2.75) is 19.9 Å². The van der Waals surface area contributed by atoms with Gasteiger partial charge in [0.1, 0.15) is 5.75 Å². The third-order valence-electron chi connectivity index (χ3n) is 5.06. The molecule has 152 valence electrons. The maximum atomic E-state index is 12.7. The van der Waals surface area contributed by atoms with Crippen molar-refractivity contribution in [2.24, 2.45) is 0 Å². The van der Waals surface area contributed by atoms with E-state index >= 15 is 0 Å². The number of nitrogens with one attached hydrogen (secondary N) is 1. The second-order valence-corrected chi connectivity index (χ2v) is 8.09. The fourth-order valence-electron chi connectivity index (χ4n) is 3.58. The molecule has 4 aromatic rings. The predicted octanol–water partition coefficient (Wildman–Crippen LogP) is 4.45. The lowest BCUT2D eigenvalue weighted by Crippen LogP contribution is -2.38. The number of nitrogens with zero attached hydrogens (tertiary/aromatic N) is 4. The van der Waals surface area contributed by atoms with Gasteiger partial charge in [-0.3, -0.25) is 0 Å². The average molecular weight is 420 g/mol. The molecule has 2 amide bonds. The monoisotopic (exact) mass is 419 g/mol. The molecule has 0 saturated carbocycles. The highest BCUT2D eigenvalue weighted by Gasteiger charge is 2.26. The van der Waals surface area contributed by atoms with E-state index in [0.717, 1.165) is 44.8 Å². The molecule has 0 saturated heterocycles. The highest BCUT2D eigenvalue weighted by atomic mass is 32.1. The number of ether oxygens (including phenoxy) is 1. The molecule has 0 aliphatic carbocycles. The first-order chi connectivity index (χ1) is 14.7. The van der Waals surface area contributed by atoms with Crippen LogP contribution >= 0.6 is 11.3 Å². The zero-order valence-corrected chi connectivity index (χ0v) is 17.4. The molecule has 7 nitrogen and oxygen atoms in total. The second-order valence-electron chi connectivity index (χ2n) is 7.03. The Labute approximate surface area is 177 Å². The first-order valence-electron chi connectivity index (χ1n) is 9.93. The molecule has 2 aromatic heterocycles. The molecule has 1 aliphatic heterocycles. The van der Waals surface area contributed by atoms with Crippen LogP contribution in [-0.2, 0) is 13.0 Å². The Morgan fingerprint density at radius 3 is 2.73 bits per heavy atom. The van der Waals surface area contributed by atoms with Gasteiger partial charge in [-0.05, 0) is 31.2 Å². The number of anilines is 1. The minimum absolute atomic E-state index is 0.103. The number of hydrogen-bond acceptors (Lipinski definition) is 5. The molecule has 30 heavy (non-hydrogen) atoms. The molecule has 2 aromatic carbocycles. The van der Waals surface area contributed by atoms with E-state index in [1.807, 2.05) is 70.9 Å². The van der Waals surface area contributed by atoms with Crippen molar-refractivity contribution in [3.63, 3.8) is 0 Å². The molecule has 5 rings (SSSR count). The van der Waals surface area contributed by atoms with Gasteiger partial charge in [-0.2, -0.15) is 4.98 Å². The van der Waals surface area contributed by atoms with Crippen LogP contribution in [0.1, 0.15) is 17.5 Å². The Morgan fingerprint density at radius 2 is 1.97 bits per heavy atom. The molecule has 0 bridgehead atoms. The summed E-state index contributed by atoms with van der Waals surface area (Å²) >= 11 is 1.60. The van der Waals surface area contributed by atoms with E-state index in [1.165, 1.54) is 0 Å². The Hall–Kier alpha value is -3.39. The van der Waals surface area contributed by atoms with Crippen molar-refractivity contribution in [3.05, 3.63) is 65.2 Å². The van der Waals surface area contributed by atoms with Crippen molar-refractivity contribution < 1.29 is 9.53 Å². The fourth-order valence-corrected chi connectivity index (χ4v) is 4.69. The van der Waals surface area contributed by atoms with Gasteiger partial charge in [-0.15, -0.1) is 5.10 Å². The number of carbonyl (C=O) groups excluding carboxylic acids is 1. The summed E-state index contributed by atoms with van der Waals surface area (Å²) in [5, 5.41) is 7.67. The first kappa shape index (κ1) is 18.6. The van der Waals surface area contributed by atoms with Gasteiger partial charge >= 0.3 is 6.03 Å². The quantitative estimate of drug-likeness (QED) is 0.531. The van der Waals surface area contributed by atoms with Gasteiger partial charge in [0.25, 0.3) is 0 Å². The van der Waals surface area contributed by atoms with Crippen LogP contribution < -0.4 is 10.1 Å². The highest BCUT2D eigenvalue weighted by Crippen LogP contribution is 2.30. The van der Waals surface area contributed by atoms with Crippen LogP contribution in [0.2, 0.25) is 0 Å². The molecule has 0 radical (unpaired) electrons. The summed E-state index contributed by atoms with van der Waals surface area (Å²) in [6, 6.07) is 17.3. The zero-order chi connectivity index (χ0) is 20.5. The topological polar surface area (TPSA) is 71.8 Å². The molecule has 8 heteroatoms. The van der Waals surface area contributed by atoms with Crippen LogP contribution in [-0.4, -0.2) is 38.7 Å². The van der Waals surface area contributed by atoms with Gasteiger partial charge in [-0.1, -0.05) is 41.7 Å². The van der Waals surface area contributed by atoms with Gasteiger partial charge in [0.05, 0.1) is 18.8 Å². The number of rotatable bonds is 4. The lowest BCUT2D eigenvalue weighted by Gasteiger charge is -2.26. The summed E-state index contributed by atoms with van der Waals surface area (Å²) in [5.74, 6) is 1.53. The number of urea groups is 1. The highest BCUT2D eigenvalue weighted by molar-refractivity contribution is 7.17. The molecule has 0 atom stereocenters. The van der Waals surface area contributed by atoms with Crippen LogP contribution in [0.4, 0.5) is 10.5 Å². The van der Waals surface area contributed by atoms with E-state index in [1.54, 1.807) is 11.3 Å². The maximum Gasteiger partial charge on any atom is 0.322 e. The summed E-state index contributed by atoms with van der Waals surface area (Å²) in [6.07, 6.45) is 0.754. The van der Waals surface area contributed by atoms with Gasteiger partial charge in [0.2, 0.25) is 4.96 Å². The Kier molecular flexibility index (Phi) is 4.84. The Morgan fingerprint density at radius 1 is 1.17 bits per heavy atom. The summed E-state index contributed by atoms with van der Waals surface area (Å²) < 4.78 is 7.38. The number of aromatic nitrogens is 3. The number of amides is 2. The van der Waals surface area contributed by atoms with Crippen LogP contribution in [0.15, 0.2) is 54.6 Å². The number of benzene rings is 2. The fraction of sp³-hybridized carbons (Fsp3) is 0.227. The third-order valence-corrected chi connectivity index (χ3v) is 6.12. The number of thiazole rings is 1. The maximum absolute atomic E-state index is 12.7. The van der Waals surface area contributed by atoms with E-state index in [-0.39, 0.29) is 6.03 Å². The van der Waals surface area contributed by atoms with Crippen molar-refractivity contribution in [2.75, 3.05) is 18.5 Å².